The highest BCUT2D eigenvalue weighted by atomic mass is 16.7. The average Bonchev–Trinajstić information content (AvgIpc) is 0.743. The van der Waals surface area contributed by atoms with Crippen molar-refractivity contribution < 1.29 is 131 Å². The van der Waals surface area contributed by atoms with Crippen LogP contribution in [0.15, 0.2) is 261 Å². The van der Waals surface area contributed by atoms with Gasteiger partial charge in [0.15, 0.2) is 23.1 Å². The summed E-state index contributed by atoms with van der Waals surface area (Å²) in [5, 5.41) is 90.8. The number of carbonyl (C=O) groups is 7. The molecular formula is C106H89N3O27. The third-order valence-corrected chi connectivity index (χ3v) is 25.3. The van der Waals surface area contributed by atoms with Crippen molar-refractivity contribution in [3.05, 3.63) is 311 Å². The van der Waals surface area contributed by atoms with Crippen molar-refractivity contribution in [2.45, 2.75) is 132 Å². The number of aliphatic hydroxyl groups excluding tert-OH is 3. The molecule has 4 aliphatic carbocycles. The molecule has 11 unspecified atom stereocenters. The van der Waals surface area contributed by atoms with E-state index in [1.165, 1.54) is 67.6 Å². The average molecular weight is 1840 g/mol. The second kappa shape index (κ2) is 34.1. The van der Waals surface area contributed by atoms with Crippen molar-refractivity contribution in [1.29, 1.82) is 0 Å². The molecule has 690 valence electrons. The van der Waals surface area contributed by atoms with Gasteiger partial charge in [-0.2, -0.15) is 0 Å². The van der Waals surface area contributed by atoms with Gasteiger partial charge < -0.3 is 114 Å². The standard InChI is InChI=1S/C29H21NO6.C27H24O9.C26H25NO6.C24H19NO6/c30-20(16-17-6-2-1-3-7-17)28(33)34-23-12-13-25-26-18(23)8-4-11-24(26)35-29(36-25)15-14-22(32)27-19(29)9-5-10-21(27)31;1-2-17-23(30)24(31)25(32)26(33-17)34-18-9-10-20-21-13(18)5-3-8-19(21)35-27(36-20)12-11-16(29)22-14(27)6-4-7-15(22)28;1-14(28)25(2,3)13-27-22-12-19(31)24-16(7-5-8-18(24)30)26(22)32-20-9-4-6-15-17(29)10-11-21(33-26)23(15)20;1-23(2,25)22(28)29-17-9-10-19-20-13(17)5-3-8-18(20)30-24(31-19)12-11-16(27)21-14(24)6-4-7-15(21)26/h1-15,20,31H,16,30H2;3-12,17,23-26,28,30-32H,2H2,1H3;4-11,22,27,29-30H,12-13H2,1-3H3;3-12,26H,25H2,1-2H3. The molecular weight excluding hydrogens is 1750 g/mol. The van der Waals surface area contributed by atoms with Crippen LogP contribution in [0.3, 0.4) is 0 Å². The van der Waals surface area contributed by atoms with Crippen molar-refractivity contribution in [3.8, 4) is 92.0 Å². The number of fused-ring (bicyclic) bond motifs is 8. The lowest BCUT2D eigenvalue weighted by molar-refractivity contribution is -0.272. The van der Waals surface area contributed by atoms with Crippen molar-refractivity contribution >= 4 is 83.9 Å². The molecule has 4 spiro atoms. The number of aromatic hydroxyl groups is 5. The lowest BCUT2D eigenvalue weighted by Crippen LogP contribution is -2.61. The molecule has 0 bridgehead atoms. The van der Waals surface area contributed by atoms with E-state index >= 15 is 0 Å². The Kier molecular flexibility index (Phi) is 22.5. The predicted octanol–water partition coefficient (Wildman–Crippen LogP) is 14.5. The van der Waals surface area contributed by atoms with Crippen molar-refractivity contribution in [3.63, 3.8) is 0 Å². The molecule has 1 fully saturated rings. The number of esters is 2. The maximum absolute atomic E-state index is 13.1. The minimum Gasteiger partial charge on any atom is -0.507 e. The highest BCUT2D eigenvalue weighted by Crippen LogP contribution is 2.57. The van der Waals surface area contributed by atoms with E-state index in [9.17, 15) is 74.4 Å². The molecule has 30 heteroatoms. The summed E-state index contributed by atoms with van der Waals surface area (Å²) in [4.78, 5) is 87.6. The van der Waals surface area contributed by atoms with Crippen molar-refractivity contribution in [2.75, 3.05) is 6.54 Å². The van der Waals surface area contributed by atoms with E-state index in [1.54, 1.807) is 191 Å². The second-order valence-electron chi connectivity index (χ2n) is 35.2. The molecule has 11 atom stereocenters. The van der Waals surface area contributed by atoms with Gasteiger partial charge in [0.1, 0.15) is 128 Å². The minimum absolute atomic E-state index is 0.00194. The Morgan fingerprint density at radius 2 is 0.831 bits per heavy atom. The zero-order valence-electron chi connectivity index (χ0n) is 73.7. The molecule has 9 aliphatic rings. The van der Waals surface area contributed by atoms with Gasteiger partial charge in [-0.3, -0.25) is 24.0 Å². The molecule has 5 heterocycles. The second-order valence-corrected chi connectivity index (χ2v) is 35.2. The van der Waals surface area contributed by atoms with Gasteiger partial charge in [0.25, 0.3) is 23.1 Å². The van der Waals surface area contributed by atoms with Crippen molar-refractivity contribution in [2.24, 2.45) is 16.9 Å². The molecule has 13 N–H and O–H groups in total. The molecule has 22 rings (SSSR count). The number of phenols is 5. The predicted molar refractivity (Wildman–Crippen MR) is 492 cm³/mol. The van der Waals surface area contributed by atoms with Crippen LogP contribution < -0.4 is 68.9 Å². The minimum atomic E-state index is -1.47. The van der Waals surface area contributed by atoms with Gasteiger partial charge in [-0.1, -0.05) is 130 Å². The molecule has 5 aliphatic heterocycles. The SMILES string of the molecule is CC(=O)C(C)(C)CNC1CC(=O)c2c(O)cccc2C12Oc1cccc3c(O)ccc(c13)O2.CC(C)(N)C(=O)Oc1ccc2c3c(cccc13)OC1(C=CC(=O)c3c(O)cccc31)O2.CCC1OC(Oc2ccc3c4c(cccc24)OC2(C=CC(=O)c4c(O)cccc42)O3)C(O)C(O)C1O.NC(Cc1ccccc1)C(=O)Oc1ccc2c3c(cccc13)OC1(C=CC(=O)c3c(O)cccc31)O2. The summed E-state index contributed by atoms with van der Waals surface area (Å²) in [5.41, 5.74) is 13.2. The Morgan fingerprint density at radius 1 is 0.441 bits per heavy atom. The number of nitrogens with two attached hydrogens (primary N) is 2. The summed E-state index contributed by atoms with van der Waals surface area (Å²) in [6.45, 7) is 10.4. The largest absolute Gasteiger partial charge is 0.507 e. The summed E-state index contributed by atoms with van der Waals surface area (Å²) < 4.78 is 73.7. The molecule has 0 amide bonds. The first kappa shape index (κ1) is 89.5. The number of nitrogens with one attached hydrogen (secondary N) is 1. The normalized spacial score (nSPS) is 22.5. The summed E-state index contributed by atoms with van der Waals surface area (Å²) in [5.74, 6) is -3.77. The Hall–Kier alpha value is -15.7. The highest BCUT2D eigenvalue weighted by Gasteiger charge is 2.57. The summed E-state index contributed by atoms with van der Waals surface area (Å²) in [7, 11) is 0. The first-order chi connectivity index (χ1) is 65.1. The molecule has 13 aromatic rings. The van der Waals surface area contributed by atoms with E-state index in [1.807, 2.05) is 44.2 Å². The number of hydrogen-bond donors (Lipinski definition) is 11. The van der Waals surface area contributed by atoms with E-state index in [2.05, 4.69) is 5.32 Å². The summed E-state index contributed by atoms with van der Waals surface area (Å²) in [6, 6.07) is 61.6. The van der Waals surface area contributed by atoms with Gasteiger partial charge in [0, 0.05) is 58.2 Å². The lowest BCUT2D eigenvalue weighted by Gasteiger charge is -2.47. The maximum atomic E-state index is 13.1. The van der Waals surface area contributed by atoms with Crippen LogP contribution in [-0.4, -0.2) is 137 Å². The van der Waals surface area contributed by atoms with Crippen LogP contribution in [-0.2, 0) is 48.7 Å². The van der Waals surface area contributed by atoms with Crippen LogP contribution in [0.5, 0.6) is 92.0 Å². The topological polar surface area (TPSA) is 456 Å². The van der Waals surface area contributed by atoms with E-state index in [-0.39, 0.29) is 86.3 Å². The fraction of sp³-hybridized carbons (Fsp3) is 0.217. The summed E-state index contributed by atoms with van der Waals surface area (Å²) in [6.07, 6.45) is 3.34. The van der Waals surface area contributed by atoms with Gasteiger partial charge >= 0.3 is 11.9 Å². The smallest absolute Gasteiger partial charge is 0.330 e. The van der Waals surface area contributed by atoms with Crippen LogP contribution in [0.2, 0.25) is 0 Å². The van der Waals surface area contributed by atoms with Gasteiger partial charge in [0.2, 0.25) is 6.29 Å². The first-order valence-corrected chi connectivity index (χ1v) is 43.7. The Morgan fingerprint density at radius 3 is 1.29 bits per heavy atom. The van der Waals surface area contributed by atoms with Gasteiger partial charge in [-0.05, 0) is 173 Å². The van der Waals surface area contributed by atoms with E-state index in [4.69, 9.17) is 68.3 Å². The molecule has 1 saturated heterocycles. The molecule has 0 radical (unpaired) electrons. The maximum Gasteiger partial charge on any atom is 0.330 e. The first-order valence-electron chi connectivity index (χ1n) is 43.7. The van der Waals surface area contributed by atoms with Gasteiger partial charge in [0.05, 0.1) is 78.2 Å². The Bertz CT molecular complexity index is 7230. The highest BCUT2D eigenvalue weighted by molar-refractivity contribution is 6.12. The molecule has 136 heavy (non-hydrogen) atoms. The number of Topliss-reactive ketones (excluding diaryl/α,β-unsaturated/α-hetero) is 2. The third kappa shape index (κ3) is 15.5. The van der Waals surface area contributed by atoms with Gasteiger partial charge in [-0.15, -0.1) is 0 Å². The van der Waals surface area contributed by atoms with Crippen molar-refractivity contribution in [1.82, 2.24) is 5.32 Å². The Labute approximate surface area is 775 Å². The number of carbonyl (C=O) groups excluding carboxylic acids is 7. The van der Waals surface area contributed by atoms with Gasteiger partial charge in [-0.25, -0.2) is 9.59 Å². The number of benzene rings is 13. The number of rotatable bonds is 13. The number of phenolic OH excluding ortho intramolecular Hbond substituents is 5. The molecule has 30 nitrogen and oxygen atoms in total. The van der Waals surface area contributed by atoms with E-state index in [0.29, 0.717) is 148 Å². The molecule has 0 saturated carbocycles. The fourth-order valence-electron chi connectivity index (χ4n) is 18.0. The quantitative estimate of drug-likeness (QED) is 0.0377. The zero-order valence-corrected chi connectivity index (χ0v) is 73.7. The van der Waals surface area contributed by atoms with E-state index in [0.717, 1.165) is 5.56 Å². The number of aliphatic hydroxyl groups is 3. The number of hydrogen-bond acceptors (Lipinski definition) is 30. The molecule has 13 aromatic carbocycles. The Balaban J connectivity index is 0.000000116. The fourth-order valence-corrected chi connectivity index (χ4v) is 18.0. The van der Waals surface area contributed by atoms with Crippen LogP contribution in [0.1, 0.15) is 124 Å². The molecule has 0 aromatic heterocycles. The van der Waals surface area contributed by atoms with Crippen LogP contribution in [0.25, 0.3) is 43.1 Å². The monoisotopic (exact) mass is 1840 g/mol. The zero-order chi connectivity index (χ0) is 95.6. The third-order valence-electron chi connectivity index (χ3n) is 25.3. The summed E-state index contributed by atoms with van der Waals surface area (Å²) >= 11 is 0. The lowest BCUT2D eigenvalue weighted by atomic mass is 9.79. The number of ketones is 5. The van der Waals surface area contributed by atoms with Crippen LogP contribution >= 0.6 is 0 Å². The van der Waals surface area contributed by atoms with Crippen LogP contribution in [0, 0.1) is 5.41 Å². The number of ether oxygens (including phenoxy) is 12. The van der Waals surface area contributed by atoms with E-state index < -0.39 is 88.8 Å². The number of allylic oxidation sites excluding steroid dienone is 3. The van der Waals surface area contributed by atoms with Crippen LogP contribution in [0.4, 0.5) is 0 Å².